The third-order valence-electron chi connectivity index (χ3n) is 7.79. The van der Waals surface area contributed by atoms with Crippen molar-refractivity contribution in [3.63, 3.8) is 0 Å². The molecule has 0 N–H and O–H groups in total. The summed E-state index contributed by atoms with van der Waals surface area (Å²) in [6.45, 7) is 0. The van der Waals surface area contributed by atoms with Crippen molar-refractivity contribution in [1.29, 1.82) is 0 Å². The monoisotopic (exact) mass is 918 g/mol. The van der Waals surface area contributed by atoms with Crippen LogP contribution in [0.4, 0.5) is 0 Å². The molecular weight excluding hydrogens is 885 g/mol. The van der Waals surface area contributed by atoms with E-state index in [0.29, 0.717) is 0 Å². The summed E-state index contributed by atoms with van der Waals surface area (Å²) in [4.78, 5) is 0. The maximum atomic E-state index is 2.53. The molecule has 0 saturated carbocycles. The zero-order valence-corrected chi connectivity index (χ0v) is 34.1. The summed E-state index contributed by atoms with van der Waals surface area (Å²) in [6.07, 6.45) is 7.59. The third-order valence-corrected chi connectivity index (χ3v) is 229. The van der Waals surface area contributed by atoms with Gasteiger partial charge in [0.1, 0.15) is 0 Å². The van der Waals surface area contributed by atoms with Crippen LogP contribution in [0.15, 0.2) is 182 Å². The van der Waals surface area contributed by atoms with Gasteiger partial charge < -0.3 is 0 Å². The van der Waals surface area contributed by atoms with Crippen LogP contribution < -0.4 is 21.5 Å². The first kappa shape index (κ1) is 29.5. The topological polar surface area (TPSA) is 0 Å². The second-order valence-corrected chi connectivity index (χ2v) is 102. The van der Waals surface area contributed by atoms with Gasteiger partial charge in [-0.1, -0.05) is 0 Å². The first-order valence-corrected chi connectivity index (χ1v) is 46.2. The average molecular weight is 915 g/mol. The number of hydrogen-bond acceptors (Lipinski definition) is 3. The van der Waals surface area contributed by atoms with Crippen molar-refractivity contribution in [2.45, 2.75) is 0 Å². The van der Waals surface area contributed by atoms with Gasteiger partial charge in [0.15, 0.2) is 0 Å². The summed E-state index contributed by atoms with van der Waals surface area (Å²) in [5.74, 6) is 0. The minimum atomic E-state index is -3.56. The second kappa shape index (κ2) is 13.0. The van der Waals surface area contributed by atoms with Gasteiger partial charge >= 0.3 is 269 Å². The van der Waals surface area contributed by atoms with Crippen LogP contribution in [-0.4, -0.2) is 46.8 Å². The van der Waals surface area contributed by atoms with E-state index in [1.807, 2.05) is 0 Å². The van der Waals surface area contributed by atoms with Crippen molar-refractivity contribution < 1.29 is 0 Å². The molecule has 0 nitrogen and oxygen atoms in total. The quantitative estimate of drug-likeness (QED) is 0.190. The van der Waals surface area contributed by atoms with Crippen LogP contribution in [0.5, 0.6) is 0 Å². The van der Waals surface area contributed by atoms with Gasteiger partial charge in [-0.25, -0.2) is 0 Å². The van der Waals surface area contributed by atoms with Gasteiger partial charge in [0.25, 0.3) is 0 Å². The summed E-state index contributed by atoms with van der Waals surface area (Å²) < 4.78 is 9.63. The van der Waals surface area contributed by atoms with E-state index in [-0.39, 0.29) is 0 Å². The number of hydrogen-bond donors (Lipinski definition) is 0. The Bertz CT molecular complexity index is 1400. The van der Waals surface area contributed by atoms with Crippen molar-refractivity contribution >= 4 is 86.7 Å². The zero-order valence-electron chi connectivity index (χ0n) is 23.0. The SMILES string of the molecule is c1cc[c]([Sn]2([c]3ccccc3)[S][Sn]([c]3ccccc3)([c]3ccccc3)[S][Sn]([c]3ccccc3)([c]3ccccc3)[S]2)cc1. The molecule has 0 bridgehead atoms. The molecule has 6 aromatic carbocycles. The van der Waals surface area contributed by atoms with Crippen molar-refractivity contribution in [2.75, 3.05) is 0 Å². The van der Waals surface area contributed by atoms with Crippen LogP contribution in [0.3, 0.4) is 0 Å². The van der Waals surface area contributed by atoms with Gasteiger partial charge in [0.2, 0.25) is 0 Å². The molecule has 0 atom stereocenters. The molecule has 1 heterocycles. The molecule has 0 radical (unpaired) electrons. The van der Waals surface area contributed by atoms with Crippen molar-refractivity contribution in [1.82, 2.24) is 0 Å². The van der Waals surface area contributed by atoms with Crippen LogP contribution in [0, 0.1) is 0 Å². The van der Waals surface area contributed by atoms with E-state index < -0.39 is 46.8 Å². The minimum absolute atomic E-state index is 1.61. The summed E-state index contributed by atoms with van der Waals surface area (Å²) in [6, 6.07) is 70.2. The van der Waals surface area contributed by atoms with Gasteiger partial charge in [0, 0.05) is 0 Å². The van der Waals surface area contributed by atoms with Gasteiger partial charge in [-0.15, -0.1) is 0 Å². The maximum absolute atomic E-state index is 3.56. The predicted molar refractivity (Wildman–Crippen MR) is 196 cm³/mol. The zero-order chi connectivity index (χ0) is 28.3. The molecule has 0 unspecified atom stereocenters. The number of benzene rings is 6. The van der Waals surface area contributed by atoms with Crippen molar-refractivity contribution in [2.24, 2.45) is 0 Å². The summed E-state index contributed by atoms with van der Waals surface area (Å²) in [5.41, 5.74) is 0. The van der Waals surface area contributed by atoms with Crippen LogP contribution >= 0.6 is 18.4 Å². The van der Waals surface area contributed by atoms with Crippen LogP contribution in [0.1, 0.15) is 0 Å². The van der Waals surface area contributed by atoms with Gasteiger partial charge in [-0.2, -0.15) is 0 Å². The molecule has 42 heavy (non-hydrogen) atoms. The summed E-state index contributed by atoms with van der Waals surface area (Å²) >= 11 is -10.7. The molecule has 0 spiro atoms. The van der Waals surface area contributed by atoms with Gasteiger partial charge in [-0.3, -0.25) is 0 Å². The Balaban J connectivity index is 1.64. The fourth-order valence-electron chi connectivity index (χ4n) is 5.82. The fraction of sp³-hybridized carbons (Fsp3) is 0. The van der Waals surface area contributed by atoms with E-state index >= 15 is 0 Å². The number of rotatable bonds is 6. The van der Waals surface area contributed by atoms with E-state index in [2.05, 4.69) is 200 Å². The third kappa shape index (κ3) is 5.45. The summed E-state index contributed by atoms with van der Waals surface area (Å²) in [5, 5.41) is 0. The molecule has 1 fully saturated rings. The van der Waals surface area contributed by atoms with Crippen LogP contribution in [0.25, 0.3) is 0 Å². The van der Waals surface area contributed by atoms with Gasteiger partial charge in [0.05, 0.1) is 0 Å². The normalized spacial score (nSPS) is 16.9. The molecule has 0 amide bonds. The molecule has 1 aliphatic rings. The van der Waals surface area contributed by atoms with E-state index in [0.717, 1.165) is 0 Å². The molecule has 204 valence electrons. The van der Waals surface area contributed by atoms with Gasteiger partial charge in [-0.05, 0) is 0 Å². The van der Waals surface area contributed by atoms with Crippen LogP contribution in [0.2, 0.25) is 0 Å². The standard InChI is InChI=1S/6C6H5.3S.3Sn/c6*1-2-4-6-5-3-1;;;;;;/h6*1-5H;;;;;;. The molecule has 6 aromatic rings. The van der Waals surface area contributed by atoms with Crippen molar-refractivity contribution in [3.05, 3.63) is 182 Å². The molecule has 1 aliphatic heterocycles. The van der Waals surface area contributed by atoms with E-state index in [4.69, 9.17) is 0 Å². The molecule has 0 aromatic heterocycles. The first-order valence-electron chi connectivity index (χ1n) is 14.2. The van der Waals surface area contributed by atoms with E-state index in [1.54, 1.807) is 21.5 Å². The Morgan fingerprint density at radius 3 is 0.500 bits per heavy atom. The van der Waals surface area contributed by atoms with Crippen LogP contribution in [-0.2, 0) is 0 Å². The molecule has 1 saturated heterocycles. The van der Waals surface area contributed by atoms with Crippen molar-refractivity contribution in [3.8, 4) is 0 Å². The average Bonchev–Trinajstić information content (AvgIpc) is 3.10. The predicted octanol–water partition coefficient (Wildman–Crippen LogP) is 5.97. The van der Waals surface area contributed by atoms with E-state index in [9.17, 15) is 0 Å². The molecule has 0 aliphatic carbocycles. The fourth-order valence-corrected chi connectivity index (χ4v) is 499. The first-order chi connectivity index (χ1) is 20.8. The Morgan fingerprint density at radius 2 is 0.357 bits per heavy atom. The molecule has 7 rings (SSSR count). The second-order valence-electron chi connectivity index (χ2n) is 10.4. The Kier molecular flexibility index (Phi) is 9.13. The Morgan fingerprint density at radius 1 is 0.214 bits per heavy atom. The molecular formula is C36H30S3Sn3. The molecule has 6 heteroatoms. The van der Waals surface area contributed by atoms with E-state index in [1.165, 1.54) is 0 Å². The Hall–Kier alpha value is -1.23. The summed E-state index contributed by atoms with van der Waals surface area (Å²) in [7, 11) is 0. The Labute approximate surface area is 265 Å².